The van der Waals surface area contributed by atoms with Crippen LogP contribution in [-0.2, 0) is 11.3 Å². The third kappa shape index (κ3) is 4.42. The predicted molar refractivity (Wildman–Crippen MR) is 84.6 cm³/mol. The normalized spacial score (nSPS) is 20.9. The summed E-state index contributed by atoms with van der Waals surface area (Å²) in [6.07, 6.45) is 4.30. The smallest absolute Gasteiger partial charge is 0.328 e. The zero-order valence-electron chi connectivity index (χ0n) is 11.3. The molecule has 118 valence electrons. The molecular weight excluding hydrogens is 364 g/mol. The number of carbonyl (C=O) groups excluding carboxylic acids is 1. The number of nitrogens with zero attached hydrogens (tertiary/aromatic N) is 1. The number of amides is 1. The number of carbonyl (C=O) groups is 1. The first-order valence-corrected chi connectivity index (χ1v) is 7.29. The third-order valence-electron chi connectivity index (χ3n) is 3.59. The van der Waals surface area contributed by atoms with E-state index in [0.29, 0.717) is 12.5 Å². The Hall–Kier alpha value is -1.12. The molecule has 1 heterocycles. The number of halogens is 2. The number of H-pyrrole nitrogens is 1. The second-order valence-electron chi connectivity index (χ2n) is 4.96. The Morgan fingerprint density at radius 2 is 2.19 bits per heavy atom. The minimum atomic E-state index is -0.602. The lowest BCUT2D eigenvalue weighted by Gasteiger charge is -2.19. The summed E-state index contributed by atoms with van der Waals surface area (Å²) in [4.78, 5) is 36.9. The first-order valence-electron chi connectivity index (χ1n) is 6.50. The van der Waals surface area contributed by atoms with Gasteiger partial charge in [-0.1, -0.05) is 6.42 Å². The van der Waals surface area contributed by atoms with Crippen molar-refractivity contribution in [1.29, 1.82) is 0 Å². The molecule has 1 aromatic rings. The molecule has 0 spiro atoms. The SMILES string of the molecule is Cl.NCC1CCCC1NC(=O)Cn1cc(Br)c(=O)[nH]c1=O. The van der Waals surface area contributed by atoms with Crippen molar-refractivity contribution in [2.75, 3.05) is 6.54 Å². The van der Waals surface area contributed by atoms with Crippen LogP contribution in [0.5, 0.6) is 0 Å². The standard InChI is InChI=1S/C12H17BrN4O3.ClH/c13-8-5-17(12(20)16-11(8)19)6-10(18)15-9-3-1-2-7(9)4-14;/h5,7,9H,1-4,6,14H2,(H,15,18)(H,16,19,20);1H. The number of hydrogen-bond acceptors (Lipinski definition) is 4. The van der Waals surface area contributed by atoms with Crippen molar-refractivity contribution in [3.8, 4) is 0 Å². The maximum Gasteiger partial charge on any atom is 0.328 e. The molecule has 1 aromatic heterocycles. The Balaban J connectivity index is 0.00000220. The van der Waals surface area contributed by atoms with Crippen molar-refractivity contribution in [3.05, 3.63) is 31.5 Å². The van der Waals surface area contributed by atoms with Crippen LogP contribution in [0.1, 0.15) is 19.3 Å². The van der Waals surface area contributed by atoms with Gasteiger partial charge < -0.3 is 11.1 Å². The number of aromatic nitrogens is 2. The fourth-order valence-electron chi connectivity index (χ4n) is 2.52. The molecule has 2 atom stereocenters. The summed E-state index contributed by atoms with van der Waals surface area (Å²) in [5.74, 6) is 0.0504. The van der Waals surface area contributed by atoms with Gasteiger partial charge in [-0.3, -0.25) is 19.1 Å². The van der Waals surface area contributed by atoms with Crippen molar-refractivity contribution >= 4 is 34.2 Å². The molecule has 2 rings (SSSR count). The summed E-state index contributed by atoms with van der Waals surface area (Å²) < 4.78 is 1.37. The molecule has 2 unspecified atom stereocenters. The van der Waals surface area contributed by atoms with Gasteiger partial charge in [-0.2, -0.15) is 0 Å². The molecule has 4 N–H and O–H groups in total. The van der Waals surface area contributed by atoms with E-state index < -0.39 is 11.2 Å². The van der Waals surface area contributed by atoms with E-state index in [1.165, 1.54) is 6.20 Å². The van der Waals surface area contributed by atoms with Gasteiger partial charge in [-0.05, 0) is 41.2 Å². The topological polar surface area (TPSA) is 110 Å². The van der Waals surface area contributed by atoms with Crippen LogP contribution in [-0.4, -0.2) is 28.0 Å². The molecule has 1 amide bonds. The third-order valence-corrected chi connectivity index (χ3v) is 4.15. The molecule has 9 heteroatoms. The molecular formula is C12H18BrClN4O3. The highest BCUT2D eigenvalue weighted by Gasteiger charge is 2.27. The molecule has 1 saturated carbocycles. The zero-order valence-corrected chi connectivity index (χ0v) is 13.7. The van der Waals surface area contributed by atoms with Crippen molar-refractivity contribution < 1.29 is 4.79 Å². The summed E-state index contributed by atoms with van der Waals surface area (Å²) in [6.45, 7) is 0.428. The van der Waals surface area contributed by atoms with Crippen molar-refractivity contribution in [2.45, 2.75) is 31.8 Å². The molecule has 1 aliphatic carbocycles. The van der Waals surface area contributed by atoms with Crippen LogP contribution < -0.4 is 22.3 Å². The quantitative estimate of drug-likeness (QED) is 0.680. The highest BCUT2D eigenvalue weighted by molar-refractivity contribution is 9.10. The van der Waals surface area contributed by atoms with Crippen LogP contribution in [0.25, 0.3) is 0 Å². The monoisotopic (exact) mass is 380 g/mol. The summed E-state index contributed by atoms with van der Waals surface area (Å²) in [7, 11) is 0. The van der Waals surface area contributed by atoms with E-state index in [9.17, 15) is 14.4 Å². The summed E-state index contributed by atoms with van der Waals surface area (Å²) >= 11 is 3.03. The molecule has 1 fully saturated rings. The summed E-state index contributed by atoms with van der Waals surface area (Å²) in [5.41, 5.74) is 4.55. The van der Waals surface area contributed by atoms with Gasteiger partial charge in [0, 0.05) is 12.2 Å². The highest BCUT2D eigenvalue weighted by Crippen LogP contribution is 2.24. The average Bonchev–Trinajstić information content (AvgIpc) is 2.83. The number of aromatic amines is 1. The van der Waals surface area contributed by atoms with Gasteiger partial charge in [0.25, 0.3) is 5.56 Å². The molecule has 0 aromatic carbocycles. The first kappa shape index (κ1) is 17.9. The lowest BCUT2D eigenvalue weighted by molar-refractivity contribution is -0.122. The second kappa shape index (κ2) is 7.77. The van der Waals surface area contributed by atoms with Gasteiger partial charge in [-0.25, -0.2) is 4.79 Å². The van der Waals surface area contributed by atoms with Gasteiger partial charge in [0.15, 0.2) is 0 Å². The van der Waals surface area contributed by atoms with Crippen LogP contribution in [0.15, 0.2) is 20.3 Å². The number of rotatable bonds is 4. The van der Waals surface area contributed by atoms with E-state index in [4.69, 9.17) is 5.73 Å². The zero-order chi connectivity index (χ0) is 14.7. The van der Waals surface area contributed by atoms with E-state index in [-0.39, 0.29) is 35.4 Å². The van der Waals surface area contributed by atoms with Crippen LogP contribution in [0.4, 0.5) is 0 Å². The number of nitrogens with two attached hydrogens (primary N) is 1. The van der Waals surface area contributed by atoms with Gasteiger partial charge in [0.05, 0.1) is 4.47 Å². The van der Waals surface area contributed by atoms with Crippen LogP contribution in [0.3, 0.4) is 0 Å². The Labute approximate surface area is 135 Å². The Morgan fingerprint density at radius 1 is 1.48 bits per heavy atom. The highest BCUT2D eigenvalue weighted by atomic mass is 79.9. The average molecular weight is 382 g/mol. The lowest BCUT2D eigenvalue weighted by atomic mass is 10.0. The van der Waals surface area contributed by atoms with Gasteiger partial charge in [0.2, 0.25) is 5.91 Å². The molecule has 0 saturated heterocycles. The van der Waals surface area contributed by atoms with Crippen LogP contribution in [0.2, 0.25) is 0 Å². The van der Waals surface area contributed by atoms with Gasteiger partial charge in [-0.15, -0.1) is 12.4 Å². The molecule has 0 bridgehead atoms. The summed E-state index contributed by atoms with van der Waals surface area (Å²) in [5, 5.41) is 2.90. The first-order chi connectivity index (χ1) is 9.51. The number of hydrogen-bond donors (Lipinski definition) is 3. The Morgan fingerprint density at radius 3 is 2.86 bits per heavy atom. The Kier molecular flexibility index (Phi) is 6.63. The fraction of sp³-hybridized carbons (Fsp3) is 0.583. The lowest BCUT2D eigenvalue weighted by Crippen LogP contribution is -2.43. The van der Waals surface area contributed by atoms with E-state index >= 15 is 0 Å². The Bertz CT molecular complexity index is 615. The minimum absolute atomic E-state index is 0. The van der Waals surface area contributed by atoms with E-state index in [0.717, 1.165) is 23.8 Å². The van der Waals surface area contributed by atoms with E-state index in [1.807, 2.05) is 0 Å². The maximum atomic E-state index is 12.0. The van der Waals surface area contributed by atoms with Crippen LogP contribution >= 0.6 is 28.3 Å². The maximum absolute atomic E-state index is 12.0. The van der Waals surface area contributed by atoms with Gasteiger partial charge >= 0.3 is 5.69 Å². The molecule has 21 heavy (non-hydrogen) atoms. The van der Waals surface area contributed by atoms with Crippen LogP contribution in [0, 0.1) is 5.92 Å². The summed E-state index contributed by atoms with van der Waals surface area (Å²) in [6, 6.07) is 0.0782. The van der Waals surface area contributed by atoms with Crippen molar-refractivity contribution in [2.24, 2.45) is 11.7 Å². The van der Waals surface area contributed by atoms with E-state index in [1.54, 1.807) is 0 Å². The predicted octanol–water partition coefficient (Wildman–Crippen LogP) is -0.0355. The van der Waals surface area contributed by atoms with Crippen molar-refractivity contribution in [3.63, 3.8) is 0 Å². The minimum Gasteiger partial charge on any atom is -0.351 e. The molecule has 0 radical (unpaired) electrons. The van der Waals surface area contributed by atoms with Crippen molar-refractivity contribution in [1.82, 2.24) is 14.9 Å². The largest absolute Gasteiger partial charge is 0.351 e. The fourth-order valence-corrected chi connectivity index (χ4v) is 2.86. The van der Waals surface area contributed by atoms with E-state index in [2.05, 4.69) is 26.2 Å². The second-order valence-corrected chi connectivity index (χ2v) is 5.82. The molecule has 0 aliphatic heterocycles. The van der Waals surface area contributed by atoms with Gasteiger partial charge in [0.1, 0.15) is 6.54 Å². The molecule has 7 nitrogen and oxygen atoms in total. The molecule has 1 aliphatic rings. The number of nitrogens with one attached hydrogen (secondary N) is 2.